The smallest absolute Gasteiger partial charge is 0.254 e. The van der Waals surface area contributed by atoms with E-state index in [9.17, 15) is 4.79 Å². The maximum absolute atomic E-state index is 12.1. The summed E-state index contributed by atoms with van der Waals surface area (Å²) in [5.74, 6) is 0.394. The van der Waals surface area contributed by atoms with Crippen molar-refractivity contribution < 1.29 is 9.53 Å². The first-order chi connectivity index (χ1) is 12.2. The van der Waals surface area contributed by atoms with Crippen molar-refractivity contribution in [2.24, 2.45) is 0 Å². The molecule has 0 spiro atoms. The van der Waals surface area contributed by atoms with Crippen LogP contribution in [0.3, 0.4) is 0 Å². The van der Waals surface area contributed by atoms with E-state index < -0.39 is 0 Å². The first-order valence-electron chi connectivity index (χ1n) is 7.94. The molecular weight excluding hydrogens is 342 g/mol. The molecule has 3 rings (SSSR count). The molecule has 1 aliphatic rings. The summed E-state index contributed by atoms with van der Waals surface area (Å²) in [5, 5.41) is 12.1. The lowest BCUT2D eigenvalue weighted by molar-refractivity contribution is 0.0893. The molecule has 7 nitrogen and oxygen atoms in total. The van der Waals surface area contributed by atoms with Crippen LogP contribution in [-0.4, -0.2) is 33.0 Å². The quantitative estimate of drug-likeness (QED) is 0.902. The van der Waals surface area contributed by atoms with Gasteiger partial charge < -0.3 is 10.1 Å². The van der Waals surface area contributed by atoms with Crippen LogP contribution in [0, 0.1) is 11.3 Å². The third kappa shape index (κ3) is 4.43. The predicted octanol–water partition coefficient (Wildman–Crippen LogP) is 2.52. The molecule has 8 heteroatoms. The molecule has 2 heterocycles. The third-order valence-electron chi connectivity index (χ3n) is 4.06. The van der Waals surface area contributed by atoms with Gasteiger partial charge in [0.05, 0.1) is 22.9 Å². The van der Waals surface area contributed by atoms with Crippen molar-refractivity contribution in [3.05, 3.63) is 47.3 Å². The highest BCUT2D eigenvalue weighted by atomic mass is 35.5. The van der Waals surface area contributed by atoms with Gasteiger partial charge in [-0.25, -0.2) is 15.0 Å². The average Bonchev–Trinajstić information content (AvgIpc) is 2.64. The fourth-order valence-corrected chi connectivity index (χ4v) is 2.97. The molecule has 0 unspecified atom stereocenters. The summed E-state index contributed by atoms with van der Waals surface area (Å²) in [6.45, 7) is 0. The molecule has 0 saturated heterocycles. The number of hydrogen-bond donors (Lipinski definition) is 1. The zero-order valence-electron chi connectivity index (χ0n) is 13.4. The molecule has 25 heavy (non-hydrogen) atoms. The Labute approximate surface area is 150 Å². The maximum Gasteiger partial charge on any atom is 0.254 e. The van der Waals surface area contributed by atoms with Gasteiger partial charge in [-0.3, -0.25) is 4.79 Å². The van der Waals surface area contributed by atoms with Crippen LogP contribution in [0.4, 0.5) is 0 Å². The predicted molar refractivity (Wildman–Crippen MR) is 90.1 cm³/mol. The third-order valence-corrected chi connectivity index (χ3v) is 4.35. The first-order valence-corrected chi connectivity index (χ1v) is 8.31. The van der Waals surface area contributed by atoms with Crippen molar-refractivity contribution in [1.82, 2.24) is 20.3 Å². The highest BCUT2D eigenvalue weighted by molar-refractivity contribution is 6.31. The van der Waals surface area contributed by atoms with Gasteiger partial charge in [-0.1, -0.05) is 11.6 Å². The Morgan fingerprint density at radius 1 is 1.24 bits per heavy atom. The van der Waals surface area contributed by atoms with Crippen LogP contribution in [0.25, 0.3) is 0 Å². The second-order valence-electron chi connectivity index (χ2n) is 5.81. The highest BCUT2D eigenvalue weighted by Gasteiger charge is 2.24. The second-order valence-corrected chi connectivity index (χ2v) is 6.21. The van der Waals surface area contributed by atoms with Gasteiger partial charge in [0.25, 0.3) is 5.91 Å². The number of nitrogens with one attached hydrogen (secondary N) is 1. The Hall–Kier alpha value is -2.72. The lowest BCUT2D eigenvalue weighted by Crippen LogP contribution is -2.39. The fourth-order valence-electron chi connectivity index (χ4n) is 2.77. The van der Waals surface area contributed by atoms with Gasteiger partial charge in [-0.15, -0.1) is 0 Å². The fraction of sp³-hybridized carbons (Fsp3) is 0.353. The van der Waals surface area contributed by atoms with E-state index in [-0.39, 0.29) is 28.8 Å². The average molecular weight is 358 g/mol. The summed E-state index contributed by atoms with van der Waals surface area (Å²) in [5.41, 5.74) is 0.643. The normalized spacial score (nSPS) is 19.7. The van der Waals surface area contributed by atoms with Crippen molar-refractivity contribution in [3.8, 4) is 11.8 Å². The number of halogens is 1. The van der Waals surface area contributed by atoms with Gasteiger partial charge in [0, 0.05) is 24.5 Å². The molecule has 0 aliphatic heterocycles. The molecule has 0 aromatic carbocycles. The van der Waals surface area contributed by atoms with Crippen LogP contribution in [0.15, 0.2) is 31.0 Å². The Kier molecular flexibility index (Phi) is 5.41. The van der Waals surface area contributed by atoms with E-state index >= 15 is 0 Å². The minimum absolute atomic E-state index is 0.0408. The largest absolute Gasteiger partial charge is 0.489 e. The number of aromatic nitrogens is 3. The molecule has 1 aliphatic carbocycles. The lowest BCUT2D eigenvalue weighted by Gasteiger charge is -2.29. The van der Waals surface area contributed by atoms with Crippen LogP contribution in [0.2, 0.25) is 5.02 Å². The highest BCUT2D eigenvalue weighted by Crippen LogP contribution is 2.26. The molecule has 0 atom stereocenters. The maximum atomic E-state index is 12.1. The first kappa shape index (κ1) is 17.1. The molecule has 128 valence electrons. The van der Waals surface area contributed by atoms with Gasteiger partial charge in [-0.2, -0.15) is 5.26 Å². The van der Waals surface area contributed by atoms with Crippen LogP contribution in [-0.2, 0) is 0 Å². The van der Waals surface area contributed by atoms with Gasteiger partial charge in [0.1, 0.15) is 18.1 Å². The SMILES string of the molecule is N#Cc1ncc(OC2CCC(NC(=O)c3cncnc3)CC2)cc1Cl. The molecule has 0 bridgehead atoms. The topological polar surface area (TPSA) is 101 Å². The standard InChI is InChI=1S/C17H16ClN5O2/c18-15-5-14(9-22-16(15)6-19)25-13-3-1-12(2-4-13)23-17(24)11-7-20-10-21-8-11/h5,7-10,12-13H,1-4H2,(H,23,24). The van der Waals surface area contributed by atoms with Crippen molar-refractivity contribution in [3.63, 3.8) is 0 Å². The van der Waals surface area contributed by atoms with E-state index in [4.69, 9.17) is 21.6 Å². The number of amides is 1. The van der Waals surface area contributed by atoms with Crippen molar-refractivity contribution in [2.75, 3.05) is 0 Å². The number of nitrogens with zero attached hydrogens (tertiary/aromatic N) is 4. The minimum atomic E-state index is -0.159. The molecule has 0 radical (unpaired) electrons. The van der Waals surface area contributed by atoms with Crippen molar-refractivity contribution >= 4 is 17.5 Å². The Morgan fingerprint density at radius 2 is 1.96 bits per heavy atom. The minimum Gasteiger partial charge on any atom is -0.489 e. The summed E-state index contributed by atoms with van der Waals surface area (Å²) < 4.78 is 5.88. The Bertz CT molecular complexity index is 785. The van der Waals surface area contributed by atoms with Crippen LogP contribution in [0.1, 0.15) is 41.7 Å². The number of carbonyl (C=O) groups excluding carboxylic acids is 1. The van der Waals surface area contributed by atoms with E-state index in [0.717, 1.165) is 25.7 Å². The van der Waals surface area contributed by atoms with Gasteiger partial charge in [0.2, 0.25) is 0 Å². The van der Waals surface area contributed by atoms with Gasteiger partial charge >= 0.3 is 0 Å². The molecule has 2 aromatic rings. The second kappa shape index (κ2) is 7.90. The molecule has 1 saturated carbocycles. The van der Waals surface area contributed by atoms with Crippen LogP contribution in [0.5, 0.6) is 5.75 Å². The van der Waals surface area contributed by atoms with E-state index in [1.165, 1.54) is 24.9 Å². The lowest BCUT2D eigenvalue weighted by atomic mass is 9.92. The number of carbonyl (C=O) groups is 1. The van der Waals surface area contributed by atoms with E-state index in [0.29, 0.717) is 11.3 Å². The summed E-state index contributed by atoms with van der Waals surface area (Å²) in [6, 6.07) is 3.63. The Balaban J connectivity index is 1.50. The van der Waals surface area contributed by atoms with E-state index in [1.54, 1.807) is 6.07 Å². The van der Waals surface area contributed by atoms with E-state index in [1.807, 2.05) is 6.07 Å². The van der Waals surface area contributed by atoms with Crippen LogP contribution < -0.4 is 10.1 Å². The molecule has 1 fully saturated rings. The van der Waals surface area contributed by atoms with Crippen molar-refractivity contribution in [1.29, 1.82) is 5.26 Å². The summed E-state index contributed by atoms with van der Waals surface area (Å²) in [4.78, 5) is 23.8. The summed E-state index contributed by atoms with van der Waals surface area (Å²) in [6.07, 6.45) is 9.21. The molecule has 2 aromatic heterocycles. The summed E-state index contributed by atoms with van der Waals surface area (Å²) >= 11 is 5.96. The number of nitriles is 1. The number of hydrogen-bond acceptors (Lipinski definition) is 6. The zero-order chi connectivity index (χ0) is 17.6. The van der Waals surface area contributed by atoms with Gasteiger partial charge in [-0.05, 0) is 25.7 Å². The van der Waals surface area contributed by atoms with Crippen molar-refractivity contribution in [2.45, 2.75) is 37.8 Å². The van der Waals surface area contributed by atoms with E-state index in [2.05, 4.69) is 20.3 Å². The zero-order valence-corrected chi connectivity index (χ0v) is 14.1. The Morgan fingerprint density at radius 3 is 2.60 bits per heavy atom. The van der Waals surface area contributed by atoms with Gasteiger partial charge in [0.15, 0.2) is 5.69 Å². The van der Waals surface area contributed by atoms with Crippen LogP contribution >= 0.6 is 11.6 Å². The number of rotatable bonds is 4. The molecular formula is C17H16ClN5O2. The number of pyridine rings is 1. The number of ether oxygens (including phenoxy) is 1. The molecule has 1 N–H and O–H groups in total. The summed E-state index contributed by atoms with van der Waals surface area (Å²) in [7, 11) is 0. The monoisotopic (exact) mass is 357 g/mol. The molecule has 1 amide bonds.